The summed E-state index contributed by atoms with van der Waals surface area (Å²) in [7, 11) is -4.07. The molecule has 1 unspecified atom stereocenters. The summed E-state index contributed by atoms with van der Waals surface area (Å²) in [5.41, 5.74) is 1.10. The number of hydrogen-bond acceptors (Lipinski definition) is 8. The predicted molar refractivity (Wildman–Crippen MR) is 133 cm³/mol. The summed E-state index contributed by atoms with van der Waals surface area (Å²) in [4.78, 5) is 24.5. The van der Waals surface area contributed by atoms with E-state index in [4.69, 9.17) is 0 Å². The lowest BCUT2D eigenvalue weighted by molar-refractivity contribution is -0.138. The number of benzene rings is 2. The van der Waals surface area contributed by atoms with Gasteiger partial charge in [0, 0.05) is 31.6 Å². The number of aliphatic carboxylic acids is 1. The Labute approximate surface area is 208 Å². The highest BCUT2D eigenvalue weighted by Crippen LogP contribution is 2.19. The minimum atomic E-state index is -4.07. The molecule has 192 valence electrons. The highest BCUT2D eigenvalue weighted by molar-refractivity contribution is 7.89. The molecule has 13 heteroatoms. The molecule has 1 amide bonds. The molecule has 2 aromatic carbocycles. The van der Waals surface area contributed by atoms with Crippen LogP contribution in [0.3, 0.4) is 0 Å². The van der Waals surface area contributed by atoms with Gasteiger partial charge in [0.1, 0.15) is 12.3 Å². The van der Waals surface area contributed by atoms with Gasteiger partial charge in [0.15, 0.2) is 0 Å². The molecular formula is C23H29N7O5S. The second kappa shape index (κ2) is 11.6. The number of nitrogens with zero attached hydrogens (tertiary/aromatic N) is 2. The summed E-state index contributed by atoms with van der Waals surface area (Å²) in [6.45, 7) is 2.86. The standard InChI is InChI=1S/C23H29N7O5S/c31-21(27-15-19(22(32)33)29-36(34,35)16-6-2-1-3-7-16)17-8-4-9-20-18(17)14-28-30(20)13-5-10-24-23-25-11-12-26-23/h1-4,6-9,14,19,23-26,29H,5,10-13,15H2,(H,27,31)(H,32,33). The molecule has 0 radical (unpaired) electrons. The van der Waals surface area contributed by atoms with E-state index in [1.807, 2.05) is 10.7 Å². The zero-order valence-corrected chi connectivity index (χ0v) is 20.3. The first kappa shape index (κ1) is 25.7. The van der Waals surface area contributed by atoms with Gasteiger partial charge in [-0.1, -0.05) is 24.3 Å². The van der Waals surface area contributed by atoms with E-state index in [-0.39, 0.29) is 11.2 Å². The van der Waals surface area contributed by atoms with Crippen molar-refractivity contribution in [3.05, 3.63) is 60.3 Å². The van der Waals surface area contributed by atoms with E-state index >= 15 is 0 Å². The van der Waals surface area contributed by atoms with Gasteiger partial charge in [0.05, 0.1) is 22.2 Å². The van der Waals surface area contributed by atoms with Gasteiger partial charge in [-0.3, -0.25) is 30.2 Å². The zero-order valence-electron chi connectivity index (χ0n) is 19.5. The van der Waals surface area contributed by atoms with Gasteiger partial charge >= 0.3 is 5.97 Å². The number of nitrogens with one attached hydrogen (secondary N) is 5. The summed E-state index contributed by atoms with van der Waals surface area (Å²) in [6.07, 6.45) is 2.54. The first-order chi connectivity index (χ1) is 17.3. The fourth-order valence-corrected chi connectivity index (χ4v) is 5.14. The van der Waals surface area contributed by atoms with Gasteiger partial charge < -0.3 is 10.4 Å². The van der Waals surface area contributed by atoms with Gasteiger partial charge in [-0.15, -0.1) is 0 Å². The van der Waals surface area contributed by atoms with Crippen LogP contribution in [-0.4, -0.2) is 73.7 Å². The Morgan fingerprint density at radius 1 is 1.11 bits per heavy atom. The SMILES string of the molecule is O=C(NCC(NS(=O)(=O)c1ccccc1)C(=O)O)c1cccc2c1cnn2CCCNC1NCCN1. The lowest BCUT2D eigenvalue weighted by Crippen LogP contribution is -2.48. The predicted octanol–water partition coefficient (Wildman–Crippen LogP) is -0.346. The summed E-state index contributed by atoms with van der Waals surface area (Å²) < 4.78 is 29.0. The number of amides is 1. The average molecular weight is 516 g/mol. The molecule has 2 heterocycles. The van der Waals surface area contributed by atoms with Crippen molar-refractivity contribution >= 4 is 32.8 Å². The molecule has 1 fully saturated rings. The molecule has 1 atom stereocenters. The van der Waals surface area contributed by atoms with Gasteiger partial charge in [-0.05, 0) is 37.2 Å². The minimum Gasteiger partial charge on any atom is -0.480 e. The third kappa shape index (κ3) is 6.25. The number of sulfonamides is 1. The molecule has 6 N–H and O–H groups in total. The van der Waals surface area contributed by atoms with Crippen LogP contribution >= 0.6 is 0 Å². The number of aryl methyl sites for hydroxylation is 1. The Morgan fingerprint density at radius 2 is 1.86 bits per heavy atom. The fraction of sp³-hybridized carbons (Fsp3) is 0.348. The maximum Gasteiger partial charge on any atom is 0.323 e. The van der Waals surface area contributed by atoms with E-state index in [1.54, 1.807) is 24.4 Å². The number of rotatable bonds is 12. The number of aromatic nitrogens is 2. The summed E-state index contributed by atoms with van der Waals surface area (Å²) >= 11 is 0. The Balaban J connectivity index is 1.38. The molecule has 1 aliphatic heterocycles. The zero-order chi connectivity index (χ0) is 25.5. The highest BCUT2D eigenvalue weighted by Gasteiger charge is 2.26. The Kier molecular flexibility index (Phi) is 8.28. The molecule has 12 nitrogen and oxygen atoms in total. The number of fused-ring (bicyclic) bond motifs is 1. The van der Waals surface area contributed by atoms with Gasteiger partial charge in [0.25, 0.3) is 5.91 Å². The van der Waals surface area contributed by atoms with Crippen molar-refractivity contribution in [2.45, 2.75) is 30.2 Å². The third-order valence-electron chi connectivity index (χ3n) is 5.76. The molecule has 4 rings (SSSR count). The summed E-state index contributed by atoms with van der Waals surface area (Å²) in [5, 5.41) is 27.0. The minimum absolute atomic E-state index is 0.0641. The summed E-state index contributed by atoms with van der Waals surface area (Å²) in [5.74, 6) is -1.93. The summed E-state index contributed by atoms with van der Waals surface area (Å²) in [6, 6.07) is 11.1. The van der Waals surface area contributed by atoms with Gasteiger partial charge in [-0.2, -0.15) is 9.82 Å². The molecular weight excluding hydrogens is 486 g/mol. The number of carboxylic acids is 1. The Morgan fingerprint density at radius 3 is 2.58 bits per heavy atom. The molecule has 1 saturated heterocycles. The van der Waals surface area contributed by atoms with E-state index in [9.17, 15) is 23.1 Å². The first-order valence-electron chi connectivity index (χ1n) is 11.6. The van der Waals surface area contributed by atoms with Crippen molar-refractivity contribution in [2.75, 3.05) is 26.2 Å². The van der Waals surface area contributed by atoms with Gasteiger partial charge in [0.2, 0.25) is 10.0 Å². The van der Waals surface area contributed by atoms with Crippen LogP contribution < -0.4 is 26.0 Å². The number of carbonyl (C=O) groups excluding carboxylic acids is 1. The average Bonchev–Trinajstić information content (AvgIpc) is 3.54. The molecule has 36 heavy (non-hydrogen) atoms. The Hall–Kier alpha value is -3.36. The van der Waals surface area contributed by atoms with Crippen LogP contribution in [0.1, 0.15) is 16.8 Å². The van der Waals surface area contributed by atoms with Crippen LogP contribution in [0.25, 0.3) is 10.9 Å². The largest absolute Gasteiger partial charge is 0.480 e. The van der Waals surface area contributed by atoms with E-state index in [0.29, 0.717) is 17.5 Å². The molecule has 0 spiro atoms. The van der Waals surface area contributed by atoms with E-state index in [0.717, 1.165) is 31.6 Å². The molecule has 0 saturated carbocycles. The molecule has 1 aliphatic rings. The normalized spacial score (nSPS) is 15.2. The van der Waals surface area contributed by atoms with Crippen molar-refractivity contribution in [1.29, 1.82) is 0 Å². The molecule has 3 aromatic rings. The lowest BCUT2D eigenvalue weighted by Gasteiger charge is -2.16. The van der Waals surface area contributed by atoms with Crippen molar-refractivity contribution in [3.8, 4) is 0 Å². The topological polar surface area (TPSA) is 166 Å². The van der Waals surface area contributed by atoms with E-state index < -0.39 is 34.5 Å². The molecule has 0 bridgehead atoms. The van der Waals surface area contributed by atoms with Crippen molar-refractivity contribution in [1.82, 2.24) is 35.8 Å². The van der Waals surface area contributed by atoms with Gasteiger partial charge in [-0.25, -0.2) is 8.42 Å². The Bertz CT molecular complexity index is 1310. The maximum atomic E-state index is 12.9. The second-order valence-corrected chi connectivity index (χ2v) is 10.0. The van der Waals surface area contributed by atoms with Crippen LogP contribution in [-0.2, 0) is 21.4 Å². The van der Waals surface area contributed by atoms with Crippen LogP contribution in [0.5, 0.6) is 0 Å². The van der Waals surface area contributed by atoms with Crippen molar-refractivity contribution < 1.29 is 23.1 Å². The van der Waals surface area contributed by atoms with Crippen LogP contribution in [0.15, 0.2) is 59.6 Å². The third-order valence-corrected chi connectivity index (χ3v) is 7.25. The first-order valence-corrected chi connectivity index (χ1v) is 13.1. The molecule has 0 aliphatic carbocycles. The van der Waals surface area contributed by atoms with E-state index in [2.05, 4.69) is 31.1 Å². The van der Waals surface area contributed by atoms with Crippen molar-refractivity contribution in [2.24, 2.45) is 0 Å². The number of carboxylic acid groups (broad SMARTS) is 1. The van der Waals surface area contributed by atoms with Crippen molar-refractivity contribution in [3.63, 3.8) is 0 Å². The smallest absolute Gasteiger partial charge is 0.323 e. The van der Waals surface area contributed by atoms with Crippen LogP contribution in [0.4, 0.5) is 0 Å². The quantitative estimate of drug-likeness (QED) is 0.177. The number of carbonyl (C=O) groups is 2. The highest BCUT2D eigenvalue weighted by atomic mass is 32.2. The van der Waals surface area contributed by atoms with Crippen LogP contribution in [0.2, 0.25) is 0 Å². The lowest BCUT2D eigenvalue weighted by atomic mass is 10.1. The van der Waals surface area contributed by atoms with Crippen LogP contribution in [0, 0.1) is 0 Å². The number of hydrogen-bond donors (Lipinski definition) is 6. The fourth-order valence-electron chi connectivity index (χ4n) is 3.93. The second-order valence-electron chi connectivity index (χ2n) is 8.29. The molecule has 1 aromatic heterocycles. The van der Waals surface area contributed by atoms with E-state index in [1.165, 1.54) is 24.3 Å². The maximum absolute atomic E-state index is 12.9. The monoisotopic (exact) mass is 515 g/mol.